The Morgan fingerprint density at radius 2 is 2.17 bits per heavy atom. The van der Waals surface area contributed by atoms with Gasteiger partial charge in [-0.25, -0.2) is 0 Å². The molecule has 1 aromatic carbocycles. The first-order valence-electron chi connectivity index (χ1n) is 9.64. The summed E-state index contributed by atoms with van der Waals surface area (Å²) in [5.41, 5.74) is 2.13. The molecule has 3 rings (SSSR count). The van der Waals surface area contributed by atoms with Crippen molar-refractivity contribution in [3.8, 4) is 11.5 Å². The number of hydrogen-bond donors (Lipinski definition) is 1. The SMILES string of the molecule is CCOc1cc(CNC(=NC)N2CCC(c3cnn(C)c3)C2)ccc1OC(F)F.I. The van der Waals surface area contributed by atoms with Gasteiger partial charge in [0.25, 0.3) is 0 Å². The number of benzene rings is 1. The van der Waals surface area contributed by atoms with Crippen molar-refractivity contribution in [2.45, 2.75) is 32.4 Å². The van der Waals surface area contributed by atoms with Crippen molar-refractivity contribution in [3.05, 3.63) is 41.7 Å². The van der Waals surface area contributed by atoms with E-state index in [0.717, 1.165) is 31.0 Å². The summed E-state index contributed by atoms with van der Waals surface area (Å²) in [6, 6.07) is 4.96. The molecule has 166 valence electrons. The lowest BCUT2D eigenvalue weighted by Gasteiger charge is -2.22. The van der Waals surface area contributed by atoms with Gasteiger partial charge in [0.15, 0.2) is 17.5 Å². The third-order valence-corrected chi connectivity index (χ3v) is 4.87. The summed E-state index contributed by atoms with van der Waals surface area (Å²) >= 11 is 0. The molecule has 0 saturated carbocycles. The second-order valence-corrected chi connectivity index (χ2v) is 6.87. The van der Waals surface area contributed by atoms with E-state index in [2.05, 4.69) is 31.2 Å². The van der Waals surface area contributed by atoms with Gasteiger partial charge in [0.2, 0.25) is 0 Å². The van der Waals surface area contributed by atoms with Gasteiger partial charge in [-0.05, 0) is 36.6 Å². The molecule has 0 bridgehead atoms. The number of ether oxygens (including phenoxy) is 2. The molecular weight excluding hydrogens is 507 g/mol. The first-order chi connectivity index (χ1) is 14.0. The average Bonchev–Trinajstić information content (AvgIpc) is 3.33. The molecular formula is C20H28F2IN5O2. The molecule has 0 radical (unpaired) electrons. The molecule has 1 aliphatic heterocycles. The lowest BCUT2D eigenvalue weighted by atomic mass is 10.0. The van der Waals surface area contributed by atoms with E-state index in [1.165, 1.54) is 11.6 Å². The molecule has 0 aliphatic carbocycles. The van der Waals surface area contributed by atoms with Crippen molar-refractivity contribution >= 4 is 29.9 Å². The second-order valence-electron chi connectivity index (χ2n) is 6.87. The van der Waals surface area contributed by atoms with Gasteiger partial charge >= 0.3 is 6.61 Å². The molecule has 10 heteroatoms. The van der Waals surface area contributed by atoms with Gasteiger partial charge < -0.3 is 19.7 Å². The Morgan fingerprint density at radius 3 is 2.80 bits per heavy atom. The minimum absolute atomic E-state index is 0. The van der Waals surface area contributed by atoms with Crippen molar-refractivity contribution in [3.63, 3.8) is 0 Å². The molecule has 2 aromatic rings. The molecule has 1 aromatic heterocycles. The number of aromatic nitrogens is 2. The Kier molecular flexibility index (Phi) is 9.12. The predicted octanol–water partition coefficient (Wildman–Crippen LogP) is 3.60. The minimum atomic E-state index is -2.89. The average molecular weight is 535 g/mol. The number of guanidine groups is 1. The number of aliphatic imine (C=N–C) groups is 1. The van der Waals surface area contributed by atoms with Crippen LogP contribution in [0.5, 0.6) is 11.5 Å². The zero-order chi connectivity index (χ0) is 20.8. The fourth-order valence-electron chi connectivity index (χ4n) is 3.51. The van der Waals surface area contributed by atoms with E-state index < -0.39 is 6.61 Å². The third-order valence-electron chi connectivity index (χ3n) is 4.87. The first kappa shape index (κ1) is 24.2. The van der Waals surface area contributed by atoms with Gasteiger partial charge in [-0.2, -0.15) is 13.9 Å². The highest BCUT2D eigenvalue weighted by Gasteiger charge is 2.26. The van der Waals surface area contributed by atoms with E-state index in [1.54, 1.807) is 26.1 Å². The van der Waals surface area contributed by atoms with Crippen LogP contribution in [0.25, 0.3) is 0 Å². The summed E-state index contributed by atoms with van der Waals surface area (Å²) in [5.74, 6) is 1.58. The molecule has 2 heterocycles. The number of aryl methyl sites for hydroxylation is 1. The maximum atomic E-state index is 12.6. The number of likely N-dealkylation sites (tertiary alicyclic amines) is 1. The van der Waals surface area contributed by atoms with Crippen molar-refractivity contribution in [2.24, 2.45) is 12.0 Å². The molecule has 1 aliphatic rings. The normalized spacial score (nSPS) is 16.5. The van der Waals surface area contributed by atoms with Crippen LogP contribution < -0.4 is 14.8 Å². The summed E-state index contributed by atoms with van der Waals surface area (Å²) in [4.78, 5) is 6.61. The fourth-order valence-corrected chi connectivity index (χ4v) is 3.51. The first-order valence-corrected chi connectivity index (χ1v) is 9.64. The number of nitrogens with zero attached hydrogens (tertiary/aromatic N) is 4. The molecule has 1 saturated heterocycles. The van der Waals surface area contributed by atoms with Crippen LogP contribution in [0.15, 0.2) is 35.6 Å². The van der Waals surface area contributed by atoms with Crippen LogP contribution in [0.1, 0.15) is 30.4 Å². The second kappa shape index (κ2) is 11.3. The quantitative estimate of drug-likeness (QED) is 0.334. The highest BCUT2D eigenvalue weighted by Crippen LogP contribution is 2.30. The van der Waals surface area contributed by atoms with E-state index in [0.29, 0.717) is 24.8 Å². The molecule has 1 N–H and O–H groups in total. The zero-order valence-corrected chi connectivity index (χ0v) is 19.7. The molecule has 0 spiro atoms. The Hall–Kier alpha value is -2.11. The molecule has 0 amide bonds. The lowest BCUT2D eigenvalue weighted by Crippen LogP contribution is -2.39. The van der Waals surface area contributed by atoms with Crippen molar-refractivity contribution in [2.75, 3.05) is 26.7 Å². The summed E-state index contributed by atoms with van der Waals surface area (Å²) in [6.45, 7) is 1.55. The highest BCUT2D eigenvalue weighted by atomic mass is 127. The van der Waals surface area contributed by atoms with Crippen LogP contribution in [-0.4, -0.2) is 54.0 Å². The van der Waals surface area contributed by atoms with Gasteiger partial charge in [0, 0.05) is 45.8 Å². The van der Waals surface area contributed by atoms with Crippen LogP contribution >= 0.6 is 24.0 Å². The van der Waals surface area contributed by atoms with Crippen molar-refractivity contribution in [1.29, 1.82) is 0 Å². The number of alkyl halides is 2. The van der Waals surface area contributed by atoms with Gasteiger partial charge in [0.1, 0.15) is 0 Å². The predicted molar refractivity (Wildman–Crippen MR) is 122 cm³/mol. The van der Waals surface area contributed by atoms with E-state index in [-0.39, 0.29) is 29.7 Å². The van der Waals surface area contributed by atoms with Gasteiger partial charge in [-0.15, -0.1) is 24.0 Å². The lowest BCUT2D eigenvalue weighted by molar-refractivity contribution is -0.0514. The van der Waals surface area contributed by atoms with E-state index in [9.17, 15) is 8.78 Å². The standard InChI is InChI=1S/C20H27F2N5O2.HI/c1-4-28-18-9-14(5-6-17(18)29-19(21)22)10-24-20(23-2)27-8-7-15(13-27)16-11-25-26(3)12-16;/h5-6,9,11-12,15,19H,4,7-8,10,13H2,1-3H3,(H,23,24);1H. The maximum absolute atomic E-state index is 12.6. The van der Waals surface area contributed by atoms with Gasteiger partial charge in [-0.3, -0.25) is 9.67 Å². The smallest absolute Gasteiger partial charge is 0.387 e. The molecule has 1 fully saturated rings. The Balaban J connectivity index is 0.00000320. The van der Waals surface area contributed by atoms with E-state index in [4.69, 9.17) is 4.74 Å². The monoisotopic (exact) mass is 535 g/mol. The largest absolute Gasteiger partial charge is 0.490 e. The van der Waals surface area contributed by atoms with Gasteiger partial charge in [0.05, 0.1) is 12.8 Å². The summed E-state index contributed by atoms with van der Waals surface area (Å²) in [5, 5.41) is 7.60. The van der Waals surface area contributed by atoms with Crippen LogP contribution in [0, 0.1) is 0 Å². The van der Waals surface area contributed by atoms with Crippen molar-refractivity contribution < 1.29 is 18.3 Å². The Labute approximate surface area is 192 Å². The summed E-state index contributed by atoms with van der Waals surface area (Å²) < 4.78 is 36.9. The Bertz CT molecular complexity index is 846. The zero-order valence-electron chi connectivity index (χ0n) is 17.3. The molecule has 1 atom stereocenters. The number of halogens is 3. The highest BCUT2D eigenvalue weighted by molar-refractivity contribution is 14.0. The topological polar surface area (TPSA) is 63.9 Å². The van der Waals surface area contributed by atoms with E-state index >= 15 is 0 Å². The van der Waals surface area contributed by atoms with Gasteiger partial charge in [-0.1, -0.05) is 6.07 Å². The third kappa shape index (κ3) is 6.19. The van der Waals surface area contributed by atoms with Crippen LogP contribution in [0.3, 0.4) is 0 Å². The van der Waals surface area contributed by atoms with Crippen molar-refractivity contribution in [1.82, 2.24) is 20.0 Å². The van der Waals surface area contributed by atoms with Crippen LogP contribution in [0.2, 0.25) is 0 Å². The minimum Gasteiger partial charge on any atom is -0.490 e. The van der Waals surface area contributed by atoms with E-state index in [1.807, 2.05) is 17.9 Å². The molecule has 1 unspecified atom stereocenters. The summed E-state index contributed by atoms with van der Waals surface area (Å²) in [7, 11) is 3.68. The summed E-state index contributed by atoms with van der Waals surface area (Å²) in [6.07, 6.45) is 5.02. The van der Waals surface area contributed by atoms with Crippen LogP contribution in [0.4, 0.5) is 8.78 Å². The number of nitrogens with one attached hydrogen (secondary N) is 1. The molecule has 7 nitrogen and oxygen atoms in total. The number of rotatable bonds is 7. The Morgan fingerprint density at radius 1 is 1.37 bits per heavy atom. The molecule has 30 heavy (non-hydrogen) atoms. The fraction of sp³-hybridized carbons (Fsp3) is 0.500. The van der Waals surface area contributed by atoms with Crippen LogP contribution in [-0.2, 0) is 13.6 Å². The number of hydrogen-bond acceptors (Lipinski definition) is 4. The maximum Gasteiger partial charge on any atom is 0.387 e.